The van der Waals surface area contributed by atoms with Gasteiger partial charge in [0.1, 0.15) is 0 Å². The van der Waals surface area contributed by atoms with E-state index in [4.69, 9.17) is 16.3 Å². The molecular formula is C21H23ClN2O. The van der Waals surface area contributed by atoms with E-state index >= 15 is 0 Å². The van der Waals surface area contributed by atoms with Gasteiger partial charge in [0.15, 0.2) is 0 Å². The van der Waals surface area contributed by atoms with Crippen molar-refractivity contribution in [3.63, 3.8) is 0 Å². The van der Waals surface area contributed by atoms with Crippen LogP contribution in [0.2, 0.25) is 5.02 Å². The molecule has 4 heteroatoms. The quantitative estimate of drug-likeness (QED) is 0.699. The second kappa shape index (κ2) is 7.61. The first-order chi connectivity index (χ1) is 12.3. The van der Waals surface area contributed by atoms with Gasteiger partial charge in [0.2, 0.25) is 0 Å². The average molecular weight is 355 g/mol. The molecule has 2 heterocycles. The second-order valence-electron chi connectivity index (χ2n) is 6.66. The third kappa shape index (κ3) is 3.74. The number of para-hydroxylation sites is 1. The number of hydrogen-bond acceptors (Lipinski definition) is 2. The van der Waals surface area contributed by atoms with Crippen LogP contribution in [-0.4, -0.2) is 23.8 Å². The second-order valence-corrected chi connectivity index (χ2v) is 7.06. The van der Waals surface area contributed by atoms with Gasteiger partial charge in [0.05, 0.1) is 6.10 Å². The maximum atomic E-state index is 6.35. The van der Waals surface area contributed by atoms with E-state index in [1.165, 1.54) is 29.3 Å². The number of fused-ring (bicyclic) bond motifs is 1. The molecule has 1 atom stereocenters. The molecule has 1 N–H and O–H groups in total. The standard InChI is InChI=1S/C21H23ClN2O/c22-20-9-3-1-6-16(20)14-24-15-17(19-8-2-4-10-21(19)24)12-23-13-18-7-5-11-25-18/h1-4,6,8-10,15,18,23H,5,7,11-14H2/t18-/m1/s1. The molecule has 0 radical (unpaired) electrons. The summed E-state index contributed by atoms with van der Waals surface area (Å²) in [5.74, 6) is 0. The van der Waals surface area contributed by atoms with Crippen molar-refractivity contribution in [1.82, 2.24) is 9.88 Å². The number of benzene rings is 2. The smallest absolute Gasteiger partial charge is 0.0700 e. The summed E-state index contributed by atoms with van der Waals surface area (Å²) in [6.07, 6.45) is 4.97. The summed E-state index contributed by atoms with van der Waals surface area (Å²) in [5.41, 5.74) is 3.71. The van der Waals surface area contributed by atoms with E-state index in [-0.39, 0.29) is 0 Å². The Morgan fingerprint density at radius 1 is 1.08 bits per heavy atom. The monoisotopic (exact) mass is 354 g/mol. The van der Waals surface area contributed by atoms with E-state index < -0.39 is 0 Å². The number of ether oxygens (including phenoxy) is 1. The molecule has 1 aliphatic heterocycles. The van der Waals surface area contributed by atoms with Gasteiger partial charge in [-0.15, -0.1) is 0 Å². The number of aromatic nitrogens is 1. The molecule has 4 rings (SSSR count). The fourth-order valence-corrected chi connectivity index (χ4v) is 3.77. The molecule has 0 spiro atoms. The Morgan fingerprint density at radius 2 is 1.92 bits per heavy atom. The van der Waals surface area contributed by atoms with Gasteiger partial charge in [-0.05, 0) is 36.1 Å². The molecular weight excluding hydrogens is 332 g/mol. The number of halogens is 1. The highest BCUT2D eigenvalue weighted by Crippen LogP contribution is 2.24. The van der Waals surface area contributed by atoms with Crippen LogP contribution in [-0.2, 0) is 17.8 Å². The van der Waals surface area contributed by atoms with E-state index in [2.05, 4.69) is 46.4 Å². The summed E-state index contributed by atoms with van der Waals surface area (Å²) in [4.78, 5) is 0. The Balaban J connectivity index is 1.54. The summed E-state index contributed by atoms with van der Waals surface area (Å²) >= 11 is 6.35. The lowest BCUT2D eigenvalue weighted by Gasteiger charge is -2.10. The Kier molecular flexibility index (Phi) is 5.07. The molecule has 3 nitrogen and oxygen atoms in total. The minimum absolute atomic E-state index is 0.372. The molecule has 25 heavy (non-hydrogen) atoms. The lowest BCUT2D eigenvalue weighted by atomic mass is 10.1. The Labute approximate surface area is 153 Å². The van der Waals surface area contributed by atoms with Gasteiger partial charge in [-0.2, -0.15) is 0 Å². The predicted octanol–water partition coefficient (Wildman–Crippen LogP) is 4.61. The zero-order chi connectivity index (χ0) is 17.1. The van der Waals surface area contributed by atoms with E-state index in [0.717, 1.165) is 36.8 Å². The Hall–Kier alpha value is -1.81. The lowest BCUT2D eigenvalue weighted by Crippen LogP contribution is -2.25. The Morgan fingerprint density at radius 3 is 2.76 bits per heavy atom. The van der Waals surface area contributed by atoms with E-state index in [1.807, 2.05) is 18.2 Å². The summed E-state index contributed by atoms with van der Waals surface area (Å²) in [5, 5.41) is 5.68. The van der Waals surface area contributed by atoms with Crippen LogP contribution in [0.1, 0.15) is 24.0 Å². The predicted molar refractivity (Wildman–Crippen MR) is 103 cm³/mol. The van der Waals surface area contributed by atoms with Gasteiger partial charge in [-0.1, -0.05) is 48.0 Å². The lowest BCUT2D eigenvalue weighted by molar-refractivity contribution is 0.110. The van der Waals surface area contributed by atoms with Crippen molar-refractivity contribution >= 4 is 22.5 Å². The van der Waals surface area contributed by atoms with Crippen LogP contribution in [0.3, 0.4) is 0 Å². The van der Waals surface area contributed by atoms with Crippen molar-refractivity contribution in [3.05, 3.63) is 70.9 Å². The Bertz CT molecular complexity index is 852. The van der Waals surface area contributed by atoms with E-state index in [9.17, 15) is 0 Å². The number of nitrogens with zero attached hydrogens (tertiary/aromatic N) is 1. The fraction of sp³-hybridized carbons (Fsp3) is 0.333. The molecule has 0 amide bonds. The third-order valence-corrected chi connectivity index (χ3v) is 5.25. The number of rotatable bonds is 6. The summed E-state index contributed by atoms with van der Waals surface area (Å²) in [6.45, 7) is 3.47. The van der Waals surface area contributed by atoms with Crippen LogP contribution in [0.25, 0.3) is 10.9 Å². The summed E-state index contributed by atoms with van der Waals surface area (Å²) in [7, 11) is 0. The van der Waals surface area contributed by atoms with E-state index in [1.54, 1.807) is 0 Å². The molecule has 1 aromatic heterocycles. The third-order valence-electron chi connectivity index (χ3n) is 4.88. The van der Waals surface area contributed by atoms with Gasteiger partial charge < -0.3 is 14.6 Å². The van der Waals surface area contributed by atoms with Gasteiger partial charge in [-0.25, -0.2) is 0 Å². The first kappa shape index (κ1) is 16.6. The van der Waals surface area contributed by atoms with Crippen LogP contribution < -0.4 is 5.32 Å². The van der Waals surface area contributed by atoms with Gasteiger partial charge >= 0.3 is 0 Å². The van der Waals surface area contributed by atoms with E-state index in [0.29, 0.717) is 6.10 Å². The van der Waals surface area contributed by atoms with Crippen LogP contribution in [0, 0.1) is 0 Å². The normalized spacial score (nSPS) is 17.4. The summed E-state index contributed by atoms with van der Waals surface area (Å²) in [6, 6.07) is 16.6. The first-order valence-corrected chi connectivity index (χ1v) is 9.31. The molecule has 2 aromatic carbocycles. The van der Waals surface area contributed by atoms with Crippen molar-refractivity contribution < 1.29 is 4.74 Å². The molecule has 130 valence electrons. The topological polar surface area (TPSA) is 26.2 Å². The molecule has 0 unspecified atom stereocenters. The van der Waals surface area contributed by atoms with Crippen molar-refractivity contribution in [1.29, 1.82) is 0 Å². The van der Waals surface area contributed by atoms with Crippen molar-refractivity contribution in [2.75, 3.05) is 13.2 Å². The number of nitrogens with one attached hydrogen (secondary N) is 1. The first-order valence-electron chi connectivity index (χ1n) is 8.94. The number of hydrogen-bond donors (Lipinski definition) is 1. The van der Waals surface area contributed by atoms with Crippen molar-refractivity contribution in [2.24, 2.45) is 0 Å². The molecule has 3 aromatic rings. The molecule has 1 fully saturated rings. The molecule has 0 saturated carbocycles. The van der Waals surface area contributed by atoms with Gasteiger partial charge in [-0.3, -0.25) is 0 Å². The molecule has 0 aliphatic carbocycles. The van der Waals surface area contributed by atoms with Gasteiger partial charge in [0.25, 0.3) is 0 Å². The fourth-order valence-electron chi connectivity index (χ4n) is 3.58. The highest BCUT2D eigenvalue weighted by molar-refractivity contribution is 6.31. The highest BCUT2D eigenvalue weighted by atomic mass is 35.5. The van der Waals surface area contributed by atoms with Crippen molar-refractivity contribution in [3.8, 4) is 0 Å². The minimum Gasteiger partial charge on any atom is -0.377 e. The minimum atomic E-state index is 0.372. The molecule has 1 saturated heterocycles. The van der Waals surface area contributed by atoms with Crippen LogP contribution in [0.4, 0.5) is 0 Å². The zero-order valence-corrected chi connectivity index (χ0v) is 15.0. The highest BCUT2D eigenvalue weighted by Gasteiger charge is 2.15. The summed E-state index contributed by atoms with van der Waals surface area (Å²) < 4.78 is 7.98. The van der Waals surface area contributed by atoms with Gasteiger partial charge in [0, 0.05) is 48.4 Å². The maximum Gasteiger partial charge on any atom is 0.0700 e. The van der Waals surface area contributed by atoms with Crippen LogP contribution in [0.15, 0.2) is 54.7 Å². The van der Waals surface area contributed by atoms with Crippen molar-refractivity contribution in [2.45, 2.75) is 32.0 Å². The maximum absolute atomic E-state index is 6.35. The molecule has 1 aliphatic rings. The molecule has 0 bridgehead atoms. The van der Waals surface area contributed by atoms with Crippen LogP contribution >= 0.6 is 11.6 Å². The van der Waals surface area contributed by atoms with Crippen LogP contribution in [0.5, 0.6) is 0 Å². The zero-order valence-electron chi connectivity index (χ0n) is 14.2. The average Bonchev–Trinajstić information content (AvgIpc) is 3.26. The largest absolute Gasteiger partial charge is 0.377 e. The SMILES string of the molecule is Clc1ccccc1Cn1cc(CNC[C@H]2CCCO2)c2ccccc21.